The molecule has 0 saturated heterocycles. The van der Waals surface area contributed by atoms with E-state index in [0.29, 0.717) is 17.2 Å². The van der Waals surface area contributed by atoms with Crippen LogP contribution in [0.4, 0.5) is 18.9 Å². The molecule has 7 nitrogen and oxygen atoms in total. The maximum atomic E-state index is 13.7. The molecule has 11 heteroatoms. The van der Waals surface area contributed by atoms with Crippen molar-refractivity contribution in [3.8, 4) is 23.0 Å². The lowest BCUT2D eigenvalue weighted by molar-refractivity contribution is -0.106. The summed E-state index contributed by atoms with van der Waals surface area (Å²) in [6, 6.07) is 20.9. The molecule has 38 heavy (non-hydrogen) atoms. The van der Waals surface area contributed by atoms with Crippen molar-refractivity contribution in [3.63, 3.8) is 0 Å². The molecule has 0 radical (unpaired) electrons. The number of nitrogens with two attached hydrogens (primary N) is 1. The van der Waals surface area contributed by atoms with Crippen molar-refractivity contribution in [1.82, 2.24) is 3.89 Å². The second-order valence-corrected chi connectivity index (χ2v) is 10.4. The van der Waals surface area contributed by atoms with Gasteiger partial charge in [-0.3, -0.25) is 0 Å². The molecule has 1 unspecified atom stereocenters. The molecule has 0 fully saturated rings. The van der Waals surface area contributed by atoms with Gasteiger partial charge in [-0.1, -0.05) is 30.3 Å². The lowest BCUT2D eigenvalue weighted by Gasteiger charge is -2.38. The zero-order valence-corrected chi connectivity index (χ0v) is 21.2. The summed E-state index contributed by atoms with van der Waals surface area (Å²) >= 11 is 0. The minimum absolute atomic E-state index is 0.0304. The van der Waals surface area contributed by atoms with E-state index >= 15 is 0 Å². The lowest BCUT2D eigenvalue weighted by Crippen LogP contribution is -2.58. The molecule has 4 rings (SSSR count). The molecular weight excluding hydrogens is 521 g/mol. The molecule has 0 aromatic heterocycles. The fourth-order valence-electron chi connectivity index (χ4n) is 4.15. The number of hydrogen-bond acceptors (Lipinski definition) is 6. The molecular formula is C27H26F3N2O5S+. The smallest absolute Gasteiger partial charge is 0.408 e. The third-order valence-corrected chi connectivity index (χ3v) is 8.00. The number of rotatable bonds is 9. The van der Waals surface area contributed by atoms with Crippen LogP contribution in [0.2, 0.25) is 0 Å². The van der Waals surface area contributed by atoms with E-state index in [1.54, 1.807) is 60.7 Å². The Bertz CT molecular complexity index is 1440. The van der Waals surface area contributed by atoms with Crippen molar-refractivity contribution in [2.24, 2.45) is 5.73 Å². The molecule has 0 amide bonds. The Balaban J connectivity index is 1.85. The molecule has 200 valence electrons. The third kappa shape index (κ3) is 5.54. The van der Waals surface area contributed by atoms with Crippen LogP contribution in [-0.2, 0) is 10.0 Å². The van der Waals surface area contributed by atoms with Gasteiger partial charge in [0.05, 0.1) is 12.7 Å². The number of quaternary nitrogens is 1. The zero-order valence-electron chi connectivity index (χ0n) is 20.4. The normalized spacial score (nSPS) is 17.8. The monoisotopic (exact) mass is 547 g/mol. The van der Waals surface area contributed by atoms with Crippen LogP contribution in [-0.4, -0.2) is 40.5 Å². The van der Waals surface area contributed by atoms with Gasteiger partial charge in [0, 0.05) is 18.7 Å². The number of alkyl halides is 3. The number of nitrogens with zero attached hydrogens (tertiary/aromatic N) is 1. The Labute approximate surface area is 218 Å². The van der Waals surface area contributed by atoms with Crippen molar-refractivity contribution in [2.75, 3.05) is 26.0 Å². The summed E-state index contributed by atoms with van der Waals surface area (Å²) in [5.74, 6) is -0.815. The highest BCUT2D eigenvalue weighted by atomic mass is 32.2. The number of hydrogen-bond donors (Lipinski definition) is 1. The van der Waals surface area contributed by atoms with Gasteiger partial charge in [0.15, 0.2) is 22.9 Å². The summed E-state index contributed by atoms with van der Waals surface area (Å²) in [5, 5.41) is 0. The number of sulfonamides is 1. The average molecular weight is 548 g/mol. The average Bonchev–Trinajstić information content (AvgIpc) is 2.89. The molecule has 2 N–H and O–H groups in total. The molecule has 1 atom stereocenters. The molecule has 3 aromatic carbocycles. The van der Waals surface area contributed by atoms with Crippen LogP contribution in [0.1, 0.15) is 0 Å². The third-order valence-electron chi connectivity index (χ3n) is 5.83. The SMILES string of the molecule is COc1ccccc1Oc1ccc([N+]2(S(=O)(=O)CC(F)(F)F)CC=CC(CN)=C2Oc2ccccc2)cc1. The molecule has 0 spiro atoms. The number of benzene rings is 3. The summed E-state index contributed by atoms with van der Waals surface area (Å²) in [6.07, 6.45) is -1.94. The second-order valence-electron chi connectivity index (χ2n) is 8.36. The first kappa shape index (κ1) is 27.2. The minimum Gasteiger partial charge on any atom is -0.493 e. The van der Waals surface area contributed by atoms with Crippen LogP contribution in [0.25, 0.3) is 0 Å². The van der Waals surface area contributed by atoms with Crippen LogP contribution >= 0.6 is 0 Å². The van der Waals surface area contributed by atoms with Crippen LogP contribution in [0, 0.1) is 0 Å². The maximum Gasteiger partial charge on any atom is 0.408 e. The van der Waals surface area contributed by atoms with E-state index in [0.717, 1.165) is 0 Å². The van der Waals surface area contributed by atoms with E-state index in [1.807, 2.05) is 0 Å². The first-order valence-electron chi connectivity index (χ1n) is 11.5. The van der Waals surface area contributed by atoms with E-state index in [2.05, 4.69) is 0 Å². The van der Waals surface area contributed by atoms with Gasteiger partial charge in [-0.25, -0.2) is 0 Å². The molecule has 1 aliphatic heterocycles. The molecule has 0 aliphatic carbocycles. The van der Waals surface area contributed by atoms with Crippen molar-refractivity contribution in [2.45, 2.75) is 6.18 Å². The van der Waals surface area contributed by atoms with Crippen LogP contribution in [0.15, 0.2) is 102 Å². The Morgan fingerprint density at radius 1 is 0.868 bits per heavy atom. The second kappa shape index (κ2) is 10.9. The summed E-state index contributed by atoms with van der Waals surface area (Å²) < 4.78 is 84.0. The lowest BCUT2D eigenvalue weighted by atomic mass is 10.1. The highest BCUT2D eigenvalue weighted by Gasteiger charge is 2.55. The fourth-order valence-corrected chi connectivity index (χ4v) is 5.95. The Morgan fingerprint density at radius 3 is 2.08 bits per heavy atom. The van der Waals surface area contributed by atoms with Gasteiger partial charge in [0.1, 0.15) is 18.0 Å². The van der Waals surface area contributed by atoms with E-state index in [9.17, 15) is 21.6 Å². The fraction of sp³-hybridized carbons (Fsp3) is 0.185. The van der Waals surface area contributed by atoms with Crippen molar-refractivity contribution >= 4 is 15.7 Å². The van der Waals surface area contributed by atoms with Gasteiger partial charge in [-0.15, -0.1) is 3.89 Å². The predicted octanol–water partition coefficient (Wildman–Crippen LogP) is 5.51. The van der Waals surface area contributed by atoms with E-state index in [4.69, 9.17) is 19.9 Å². The number of ether oxygens (including phenoxy) is 3. The van der Waals surface area contributed by atoms with Crippen molar-refractivity contribution in [3.05, 3.63) is 102 Å². The van der Waals surface area contributed by atoms with Gasteiger partial charge in [-0.05, 0) is 48.6 Å². The van der Waals surface area contributed by atoms with Crippen LogP contribution < -0.4 is 23.8 Å². The Morgan fingerprint density at radius 2 is 1.47 bits per heavy atom. The summed E-state index contributed by atoms with van der Waals surface area (Å²) in [5.41, 5.74) is 6.19. The van der Waals surface area contributed by atoms with Gasteiger partial charge in [0.2, 0.25) is 0 Å². The quantitative estimate of drug-likeness (QED) is 0.356. The number of para-hydroxylation sites is 3. The van der Waals surface area contributed by atoms with E-state index in [1.165, 1.54) is 37.5 Å². The highest BCUT2D eigenvalue weighted by Crippen LogP contribution is 2.42. The van der Waals surface area contributed by atoms with Crippen LogP contribution in [0.5, 0.6) is 23.0 Å². The predicted molar refractivity (Wildman–Crippen MR) is 138 cm³/mol. The zero-order chi connectivity index (χ0) is 27.4. The van der Waals surface area contributed by atoms with Gasteiger partial charge in [-0.2, -0.15) is 21.6 Å². The van der Waals surface area contributed by atoms with Crippen molar-refractivity contribution in [1.29, 1.82) is 0 Å². The summed E-state index contributed by atoms with van der Waals surface area (Å²) in [6.45, 7) is -0.494. The van der Waals surface area contributed by atoms with Gasteiger partial charge < -0.3 is 19.9 Å². The minimum atomic E-state index is -4.99. The largest absolute Gasteiger partial charge is 0.493 e. The molecule has 1 heterocycles. The van der Waals surface area contributed by atoms with E-state index < -0.39 is 25.8 Å². The standard InChI is InChI=1S/C27H26F3N2O5S/c1-35-24-11-5-6-12-25(24)36-23-15-13-21(14-16-23)32(38(33,34)19-27(28,29)30)17-7-8-20(18-31)26(32)37-22-9-3-2-4-10-22/h2-16H,17-19,31H2,1H3/q+1. The maximum absolute atomic E-state index is 13.7. The summed E-state index contributed by atoms with van der Waals surface area (Å²) in [7, 11) is -3.50. The number of methoxy groups -OCH3 is 1. The molecule has 0 saturated carbocycles. The first-order valence-corrected chi connectivity index (χ1v) is 13.1. The highest BCUT2D eigenvalue weighted by molar-refractivity contribution is 7.91. The molecule has 0 bridgehead atoms. The Hall–Kier alpha value is -3.80. The topological polar surface area (TPSA) is 87.9 Å². The first-order chi connectivity index (χ1) is 18.1. The van der Waals surface area contributed by atoms with Crippen molar-refractivity contribution < 1.29 is 35.8 Å². The molecule has 1 aliphatic rings. The number of halogens is 3. The van der Waals surface area contributed by atoms with E-state index in [-0.39, 0.29) is 36.0 Å². The summed E-state index contributed by atoms with van der Waals surface area (Å²) in [4.78, 5) is 0. The van der Waals surface area contributed by atoms with Gasteiger partial charge >= 0.3 is 22.1 Å². The van der Waals surface area contributed by atoms with Gasteiger partial charge in [0.25, 0.3) is 0 Å². The Kier molecular flexibility index (Phi) is 7.81. The molecule has 3 aromatic rings. The van der Waals surface area contributed by atoms with Crippen LogP contribution in [0.3, 0.4) is 0 Å².